The highest BCUT2D eigenvalue weighted by Crippen LogP contribution is 2.33. The number of hydrogen-bond donors (Lipinski definition) is 1. The molecule has 0 aliphatic heterocycles. The number of carbonyl (C=O) groups is 1. The molecule has 0 radical (unpaired) electrons. The summed E-state index contributed by atoms with van der Waals surface area (Å²) in [4.78, 5) is 10.4. The highest BCUT2D eigenvalue weighted by molar-refractivity contribution is 9.10. The van der Waals surface area contributed by atoms with E-state index in [-0.39, 0.29) is 6.42 Å². The van der Waals surface area contributed by atoms with Crippen molar-refractivity contribution in [3.05, 3.63) is 32.2 Å². The van der Waals surface area contributed by atoms with Crippen molar-refractivity contribution < 1.29 is 9.90 Å². The van der Waals surface area contributed by atoms with Gasteiger partial charge in [-0.2, -0.15) is 0 Å². The van der Waals surface area contributed by atoms with E-state index < -0.39 is 5.97 Å². The van der Waals surface area contributed by atoms with Gasteiger partial charge in [0.1, 0.15) is 0 Å². The van der Waals surface area contributed by atoms with Crippen LogP contribution in [0.25, 0.3) is 0 Å². The van der Waals surface area contributed by atoms with Crippen molar-refractivity contribution in [3.8, 4) is 0 Å². The van der Waals surface area contributed by atoms with Crippen LogP contribution in [0.4, 0.5) is 0 Å². The lowest BCUT2D eigenvalue weighted by atomic mass is 10.1. The van der Waals surface area contributed by atoms with Crippen molar-refractivity contribution in [2.45, 2.75) is 6.42 Å². The van der Waals surface area contributed by atoms with Crippen molar-refractivity contribution in [2.24, 2.45) is 0 Å². The molecule has 1 N–H and O–H groups in total. The normalized spacial score (nSPS) is 10.1. The summed E-state index contributed by atoms with van der Waals surface area (Å²) in [6.07, 6.45) is -0.103. The fourth-order valence-corrected chi connectivity index (χ4v) is 1.69. The molecule has 0 unspecified atom stereocenters. The Hall–Kier alpha value is -0.250. The standard InChI is InChI=1S/C8H5BrCl2O2/c9-7-5(10)2-1-4(8(7)11)3-6(12)13/h1-2H,3H2,(H,12,13). The molecule has 0 heterocycles. The topological polar surface area (TPSA) is 37.3 Å². The van der Waals surface area contributed by atoms with E-state index in [1.165, 1.54) is 0 Å². The van der Waals surface area contributed by atoms with E-state index in [9.17, 15) is 4.79 Å². The van der Waals surface area contributed by atoms with Gasteiger partial charge >= 0.3 is 5.97 Å². The third-order valence-electron chi connectivity index (χ3n) is 1.46. The Labute approximate surface area is 93.6 Å². The van der Waals surface area contributed by atoms with Gasteiger partial charge in [0, 0.05) is 0 Å². The van der Waals surface area contributed by atoms with Gasteiger partial charge in [0.15, 0.2) is 0 Å². The molecule has 1 rings (SSSR count). The lowest BCUT2D eigenvalue weighted by Gasteiger charge is -2.04. The first-order valence-electron chi connectivity index (χ1n) is 3.36. The lowest BCUT2D eigenvalue weighted by Crippen LogP contribution is -2.00. The molecule has 0 aliphatic rings. The van der Waals surface area contributed by atoms with Crippen LogP contribution in [0.1, 0.15) is 5.56 Å². The number of carboxylic acid groups (broad SMARTS) is 1. The molecule has 0 spiro atoms. The van der Waals surface area contributed by atoms with Crippen LogP contribution in [-0.2, 0) is 11.2 Å². The molecule has 70 valence electrons. The maximum Gasteiger partial charge on any atom is 0.307 e. The highest BCUT2D eigenvalue weighted by Gasteiger charge is 2.10. The van der Waals surface area contributed by atoms with Crippen LogP contribution >= 0.6 is 39.1 Å². The third-order valence-corrected chi connectivity index (χ3v) is 3.48. The molecular formula is C8H5BrCl2O2. The van der Waals surface area contributed by atoms with E-state index in [4.69, 9.17) is 28.3 Å². The smallest absolute Gasteiger partial charge is 0.307 e. The molecule has 0 saturated carbocycles. The average Bonchev–Trinajstić information content (AvgIpc) is 2.06. The molecule has 1 aromatic carbocycles. The average molecular weight is 284 g/mol. The summed E-state index contributed by atoms with van der Waals surface area (Å²) in [6, 6.07) is 3.21. The number of aliphatic carboxylic acids is 1. The molecule has 13 heavy (non-hydrogen) atoms. The van der Waals surface area contributed by atoms with Crippen LogP contribution in [0.15, 0.2) is 16.6 Å². The maximum atomic E-state index is 10.4. The van der Waals surface area contributed by atoms with Gasteiger partial charge in [-0.25, -0.2) is 0 Å². The summed E-state index contributed by atoms with van der Waals surface area (Å²) in [5, 5.41) is 9.37. The Bertz CT molecular complexity index is 352. The van der Waals surface area contributed by atoms with Gasteiger partial charge < -0.3 is 5.11 Å². The fraction of sp³-hybridized carbons (Fsp3) is 0.125. The Morgan fingerprint density at radius 2 is 2.08 bits per heavy atom. The molecule has 0 aliphatic carbocycles. The van der Waals surface area contributed by atoms with Gasteiger partial charge in [0.25, 0.3) is 0 Å². The first kappa shape index (κ1) is 10.8. The number of rotatable bonds is 2. The lowest BCUT2D eigenvalue weighted by molar-refractivity contribution is -0.136. The summed E-state index contributed by atoms with van der Waals surface area (Å²) in [5.74, 6) is -0.920. The van der Waals surface area contributed by atoms with Gasteiger partial charge in [-0.3, -0.25) is 4.79 Å². The van der Waals surface area contributed by atoms with Crippen molar-refractivity contribution in [1.82, 2.24) is 0 Å². The second-order valence-electron chi connectivity index (χ2n) is 2.40. The second-order valence-corrected chi connectivity index (χ2v) is 3.98. The third kappa shape index (κ3) is 2.59. The van der Waals surface area contributed by atoms with Gasteiger partial charge in [-0.05, 0) is 27.6 Å². The van der Waals surface area contributed by atoms with Gasteiger partial charge in [0.05, 0.1) is 20.9 Å². The second kappa shape index (κ2) is 4.31. The number of carboxylic acids is 1. The maximum absolute atomic E-state index is 10.4. The van der Waals surface area contributed by atoms with Crippen LogP contribution in [0.2, 0.25) is 10.0 Å². The van der Waals surface area contributed by atoms with Crippen LogP contribution in [0.5, 0.6) is 0 Å². The fourth-order valence-electron chi connectivity index (χ4n) is 0.865. The summed E-state index contributed by atoms with van der Waals surface area (Å²) in [6.45, 7) is 0. The molecule has 0 saturated heterocycles. The minimum atomic E-state index is -0.920. The zero-order chi connectivity index (χ0) is 10.0. The summed E-state index contributed by atoms with van der Waals surface area (Å²) in [7, 11) is 0. The Balaban J connectivity index is 3.10. The zero-order valence-corrected chi connectivity index (χ0v) is 9.45. The first-order valence-corrected chi connectivity index (χ1v) is 4.91. The predicted molar refractivity (Wildman–Crippen MR) is 55.5 cm³/mol. The van der Waals surface area contributed by atoms with Gasteiger partial charge in [-0.1, -0.05) is 29.3 Å². The number of hydrogen-bond acceptors (Lipinski definition) is 1. The van der Waals surface area contributed by atoms with E-state index >= 15 is 0 Å². The van der Waals surface area contributed by atoms with Crippen molar-refractivity contribution in [2.75, 3.05) is 0 Å². The molecule has 0 aromatic heterocycles. The van der Waals surface area contributed by atoms with Crippen molar-refractivity contribution >= 4 is 45.1 Å². The molecule has 0 atom stereocenters. The SMILES string of the molecule is O=C(O)Cc1ccc(Cl)c(Br)c1Cl. The Morgan fingerprint density at radius 1 is 1.46 bits per heavy atom. The van der Waals surface area contributed by atoms with Crippen LogP contribution in [0, 0.1) is 0 Å². The van der Waals surface area contributed by atoms with Crippen LogP contribution < -0.4 is 0 Å². The Kier molecular flexibility index (Phi) is 3.59. The van der Waals surface area contributed by atoms with E-state index in [0.717, 1.165) is 0 Å². The Morgan fingerprint density at radius 3 is 2.62 bits per heavy atom. The number of benzene rings is 1. The van der Waals surface area contributed by atoms with Crippen molar-refractivity contribution in [3.63, 3.8) is 0 Å². The molecule has 5 heteroatoms. The largest absolute Gasteiger partial charge is 0.481 e. The summed E-state index contributed by atoms with van der Waals surface area (Å²) >= 11 is 14.8. The van der Waals surface area contributed by atoms with Gasteiger partial charge in [-0.15, -0.1) is 0 Å². The minimum absolute atomic E-state index is 0.103. The van der Waals surface area contributed by atoms with Gasteiger partial charge in [0.2, 0.25) is 0 Å². The molecular weight excluding hydrogens is 279 g/mol. The van der Waals surface area contributed by atoms with Crippen LogP contribution in [-0.4, -0.2) is 11.1 Å². The molecule has 1 aromatic rings. The quantitative estimate of drug-likeness (QED) is 0.845. The molecule has 0 amide bonds. The zero-order valence-electron chi connectivity index (χ0n) is 6.35. The minimum Gasteiger partial charge on any atom is -0.481 e. The summed E-state index contributed by atoms with van der Waals surface area (Å²) in [5.41, 5.74) is 0.547. The van der Waals surface area contributed by atoms with E-state index in [0.29, 0.717) is 20.1 Å². The van der Waals surface area contributed by atoms with Crippen LogP contribution in [0.3, 0.4) is 0 Å². The van der Waals surface area contributed by atoms with E-state index in [1.54, 1.807) is 12.1 Å². The highest BCUT2D eigenvalue weighted by atomic mass is 79.9. The number of halogens is 3. The molecule has 2 nitrogen and oxygen atoms in total. The van der Waals surface area contributed by atoms with Crippen molar-refractivity contribution in [1.29, 1.82) is 0 Å². The molecule has 0 fully saturated rings. The monoisotopic (exact) mass is 282 g/mol. The summed E-state index contributed by atoms with van der Waals surface area (Å²) < 4.78 is 0.537. The van der Waals surface area contributed by atoms with E-state index in [2.05, 4.69) is 15.9 Å². The van der Waals surface area contributed by atoms with E-state index in [1.807, 2.05) is 0 Å². The first-order chi connectivity index (χ1) is 6.02. The predicted octanol–water partition coefficient (Wildman–Crippen LogP) is 3.38. The molecule has 0 bridgehead atoms.